The van der Waals surface area contributed by atoms with Crippen LogP contribution in [0.1, 0.15) is 28.7 Å². The van der Waals surface area contributed by atoms with Crippen LogP contribution in [0.25, 0.3) is 0 Å². The summed E-state index contributed by atoms with van der Waals surface area (Å²) in [5.41, 5.74) is 3.29. The molecule has 0 bridgehead atoms. The first kappa shape index (κ1) is 12.3. The van der Waals surface area contributed by atoms with Crippen molar-refractivity contribution < 1.29 is 4.79 Å². The van der Waals surface area contributed by atoms with E-state index in [0.717, 1.165) is 17.8 Å². The van der Waals surface area contributed by atoms with Crippen LogP contribution in [0.3, 0.4) is 0 Å². The Kier molecular flexibility index (Phi) is 3.72. The molecule has 0 fully saturated rings. The van der Waals surface area contributed by atoms with Gasteiger partial charge in [0, 0.05) is 11.4 Å². The van der Waals surface area contributed by atoms with Gasteiger partial charge in [0.15, 0.2) is 0 Å². The zero-order valence-electron chi connectivity index (χ0n) is 10.6. The van der Waals surface area contributed by atoms with Crippen LogP contribution in [0.2, 0.25) is 0 Å². The second-order valence-electron chi connectivity index (χ2n) is 4.17. The van der Waals surface area contributed by atoms with Crippen molar-refractivity contribution >= 4 is 11.6 Å². The molecular weight excluding hydrogens is 224 g/mol. The Labute approximate surface area is 107 Å². The molecule has 1 N–H and O–H groups in total. The average Bonchev–Trinajstić information content (AvgIpc) is 2.39. The van der Waals surface area contributed by atoms with Crippen molar-refractivity contribution in [2.45, 2.75) is 20.3 Å². The Morgan fingerprint density at radius 1 is 1.22 bits per heavy atom. The number of nitrogens with zero attached hydrogens (tertiary/aromatic N) is 1. The molecule has 0 aliphatic carbocycles. The van der Waals surface area contributed by atoms with Gasteiger partial charge in [0.2, 0.25) is 0 Å². The number of hydrogen-bond acceptors (Lipinski definition) is 2. The Morgan fingerprint density at radius 3 is 2.72 bits per heavy atom. The lowest BCUT2D eigenvalue weighted by atomic mass is 10.1. The molecule has 1 amide bonds. The molecule has 18 heavy (non-hydrogen) atoms. The Bertz CT molecular complexity index is 564. The maximum Gasteiger partial charge on any atom is 0.274 e. The normalized spacial score (nSPS) is 10.1. The van der Waals surface area contributed by atoms with E-state index in [1.807, 2.05) is 43.3 Å². The zero-order valence-corrected chi connectivity index (χ0v) is 10.6. The lowest BCUT2D eigenvalue weighted by Crippen LogP contribution is -2.14. The number of carbonyl (C=O) groups excluding carboxylic acids is 1. The maximum absolute atomic E-state index is 12.0. The number of pyridine rings is 1. The van der Waals surface area contributed by atoms with Crippen molar-refractivity contribution in [3.05, 3.63) is 59.4 Å². The molecule has 0 aliphatic rings. The predicted octanol–water partition coefficient (Wildman–Crippen LogP) is 3.20. The largest absolute Gasteiger partial charge is 0.321 e. The van der Waals surface area contributed by atoms with Gasteiger partial charge in [-0.25, -0.2) is 4.98 Å². The van der Waals surface area contributed by atoms with Crippen LogP contribution in [-0.2, 0) is 6.42 Å². The summed E-state index contributed by atoms with van der Waals surface area (Å²) in [6.45, 7) is 3.96. The minimum absolute atomic E-state index is 0.174. The van der Waals surface area contributed by atoms with Crippen molar-refractivity contribution in [3.8, 4) is 0 Å². The minimum atomic E-state index is -0.174. The molecule has 0 aliphatic heterocycles. The fourth-order valence-corrected chi connectivity index (χ4v) is 1.73. The quantitative estimate of drug-likeness (QED) is 0.895. The number of carbonyl (C=O) groups is 1. The second kappa shape index (κ2) is 5.45. The number of amides is 1. The number of hydrogen-bond donors (Lipinski definition) is 1. The highest BCUT2D eigenvalue weighted by molar-refractivity contribution is 6.02. The van der Waals surface area contributed by atoms with E-state index >= 15 is 0 Å². The molecule has 0 saturated carbocycles. The van der Waals surface area contributed by atoms with E-state index in [0.29, 0.717) is 5.69 Å². The Hall–Kier alpha value is -2.16. The van der Waals surface area contributed by atoms with E-state index in [1.54, 1.807) is 6.07 Å². The molecule has 1 aromatic carbocycles. The van der Waals surface area contributed by atoms with Gasteiger partial charge in [-0.2, -0.15) is 0 Å². The summed E-state index contributed by atoms with van der Waals surface area (Å²) in [6, 6.07) is 13.3. The third kappa shape index (κ3) is 2.94. The standard InChI is InChI=1S/C15H16N2O/c1-3-12-7-5-8-13(10-12)17-15(18)14-9-4-6-11(2)16-14/h4-10H,3H2,1-2H3,(H,17,18). The smallest absolute Gasteiger partial charge is 0.274 e. The highest BCUT2D eigenvalue weighted by Gasteiger charge is 2.07. The molecule has 0 radical (unpaired) electrons. The number of aromatic nitrogens is 1. The maximum atomic E-state index is 12.0. The summed E-state index contributed by atoms with van der Waals surface area (Å²) in [4.78, 5) is 16.2. The molecular formula is C15H16N2O. The SMILES string of the molecule is CCc1cccc(NC(=O)c2cccc(C)n2)c1. The minimum Gasteiger partial charge on any atom is -0.321 e. The van der Waals surface area contributed by atoms with Crippen LogP contribution < -0.4 is 5.32 Å². The molecule has 0 atom stereocenters. The Morgan fingerprint density at radius 2 is 2.00 bits per heavy atom. The summed E-state index contributed by atoms with van der Waals surface area (Å²) in [5.74, 6) is -0.174. The summed E-state index contributed by atoms with van der Waals surface area (Å²) in [6.07, 6.45) is 0.951. The average molecular weight is 240 g/mol. The van der Waals surface area contributed by atoms with Crippen LogP contribution in [0.15, 0.2) is 42.5 Å². The van der Waals surface area contributed by atoms with Crippen LogP contribution in [0.5, 0.6) is 0 Å². The van der Waals surface area contributed by atoms with Gasteiger partial charge in [0.05, 0.1) is 0 Å². The zero-order chi connectivity index (χ0) is 13.0. The van der Waals surface area contributed by atoms with E-state index in [9.17, 15) is 4.79 Å². The van der Waals surface area contributed by atoms with E-state index in [2.05, 4.69) is 17.2 Å². The fraction of sp³-hybridized carbons (Fsp3) is 0.200. The van der Waals surface area contributed by atoms with Crippen molar-refractivity contribution in [3.63, 3.8) is 0 Å². The molecule has 3 heteroatoms. The van der Waals surface area contributed by atoms with Gasteiger partial charge >= 0.3 is 0 Å². The highest BCUT2D eigenvalue weighted by atomic mass is 16.1. The van der Waals surface area contributed by atoms with Crippen LogP contribution >= 0.6 is 0 Å². The molecule has 1 heterocycles. The molecule has 3 nitrogen and oxygen atoms in total. The molecule has 0 saturated heterocycles. The molecule has 1 aromatic heterocycles. The second-order valence-corrected chi connectivity index (χ2v) is 4.17. The van der Waals surface area contributed by atoms with Gasteiger partial charge in [-0.1, -0.05) is 25.1 Å². The van der Waals surface area contributed by atoms with Crippen molar-refractivity contribution in [2.75, 3.05) is 5.32 Å². The predicted molar refractivity (Wildman–Crippen MR) is 72.7 cm³/mol. The summed E-state index contributed by atoms with van der Waals surface area (Å²) >= 11 is 0. The number of anilines is 1. The first-order valence-corrected chi connectivity index (χ1v) is 6.03. The number of nitrogens with one attached hydrogen (secondary N) is 1. The first-order valence-electron chi connectivity index (χ1n) is 6.03. The van der Waals surface area contributed by atoms with Gasteiger partial charge < -0.3 is 5.32 Å². The van der Waals surface area contributed by atoms with Gasteiger partial charge in [-0.05, 0) is 43.2 Å². The summed E-state index contributed by atoms with van der Waals surface area (Å²) in [5, 5.41) is 2.86. The van der Waals surface area contributed by atoms with Gasteiger partial charge in [0.25, 0.3) is 5.91 Å². The lowest BCUT2D eigenvalue weighted by molar-refractivity contribution is 0.102. The van der Waals surface area contributed by atoms with E-state index in [1.165, 1.54) is 5.56 Å². The van der Waals surface area contributed by atoms with Crippen molar-refractivity contribution in [1.82, 2.24) is 4.98 Å². The van der Waals surface area contributed by atoms with E-state index < -0.39 is 0 Å². The van der Waals surface area contributed by atoms with Gasteiger partial charge in [-0.15, -0.1) is 0 Å². The summed E-state index contributed by atoms with van der Waals surface area (Å²) < 4.78 is 0. The molecule has 2 aromatic rings. The highest BCUT2D eigenvalue weighted by Crippen LogP contribution is 2.12. The topological polar surface area (TPSA) is 42.0 Å². The summed E-state index contributed by atoms with van der Waals surface area (Å²) in [7, 11) is 0. The molecule has 0 spiro atoms. The number of rotatable bonds is 3. The monoisotopic (exact) mass is 240 g/mol. The van der Waals surface area contributed by atoms with Gasteiger partial charge in [0.1, 0.15) is 5.69 Å². The van der Waals surface area contributed by atoms with Crippen LogP contribution in [-0.4, -0.2) is 10.9 Å². The van der Waals surface area contributed by atoms with E-state index in [4.69, 9.17) is 0 Å². The molecule has 2 rings (SSSR count). The first-order chi connectivity index (χ1) is 8.69. The van der Waals surface area contributed by atoms with Crippen LogP contribution in [0, 0.1) is 6.92 Å². The third-order valence-electron chi connectivity index (χ3n) is 2.71. The number of benzene rings is 1. The molecule has 0 unspecified atom stereocenters. The molecule has 92 valence electrons. The number of aryl methyl sites for hydroxylation is 2. The fourth-order valence-electron chi connectivity index (χ4n) is 1.73. The van der Waals surface area contributed by atoms with Gasteiger partial charge in [-0.3, -0.25) is 4.79 Å². The van der Waals surface area contributed by atoms with E-state index in [-0.39, 0.29) is 5.91 Å². The van der Waals surface area contributed by atoms with Crippen LogP contribution in [0.4, 0.5) is 5.69 Å². The van der Waals surface area contributed by atoms with Crippen molar-refractivity contribution in [1.29, 1.82) is 0 Å². The third-order valence-corrected chi connectivity index (χ3v) is 2.71. The Balaban J connectivity index is 2.16. The lowest BCUT2D eigenvalue weighted by Gasteiger charge is -2.06. The van der Waals surface area contributed by atoms with Crippen molar-refractivity contribution in [2.24, 2.45) is 0 Å².